The molecule has 0 saturated carbocycles. The third kappa shape index (κ3) is 6.54. The van der Waals surface area contributed by atoms with Gasteiger partial charge in [0.05, 0.1) is 6.17 Å². The topological polar surface area (TPSA) is 59.1 Å². The van der Waals surface area contributed by atoms with Gasteiger partial charge in [0.2, 0.25) is 0 Å². The van der Waals surface area contributed by atoms with Crippen LogP contribution in [0.1, 0.15) is 45.7 Å². The fraction of sp³-hybridized carbons (Fsp3) is 0.500. The number of nitrogens with zero attached hydrogens (tertiary/aromatic N) is 4. The lowest BCUT2D eigenvalue weighted by atomic mass is 10.1. The largest absolute Gasteiger partial charge is 0.372 e. The highest BCUT2D eigenvalue weighted by molar-refractivity contribution is 6.35. The number of amides is 2. The van der Waals surface area contributed by atoms with Crippen LogP contribution >= 0.6 is 0 Å². The predicted octanol–water partition coefficient (Wildman–Crippen LogP) is 3.69. The molecule has 1 N–H and O–H groups in total. The first-order valence-corrected chi connectivity index (χ1v) is 12.9. The third-order valence-corrected chi connectivity index (χ3v) is 6.91. The molecule has 190 valence electrons. The second-order valence-corrected chi connectivity index (χ2v) is 8.96. The molecule has 7 nitrogen and oxygen atoms in total. The van der Waals surface area contributed by atoms with Crippen molar-refractivity contribution in [3.8, 4) is 0 Å². The van der Waals surface area contributed by atoms with Crippen molar-refractivity contribution in [2.75, 3.05) is 49.1 Å². The summed E-state index contributed by atoms with van der Waals surface area (Å²) >= 11 is 0. The number of hydrogen-bond donors (Lipinski definition) is 1. The van der Waals surface area contributed by atoms with Gasteiger partial charge in [0, 0.05) is 63.7 Å². The number of piperazine rings is 1. The smallest absolute Gasteiger partial charge is 0.313 e. The van der Waals surface area contributed by atoms with Crippen LogP contribution in [0.4, 0.5) is 11.4 Å². The Morgan fingerprint density at radius 2 is 1.23 bits per heavy atom. The quantitative estimate of drug-likeness (QED) is 0.471. The van der Waals surface area contributed by atoms with Gasteiger partial charge in [0.1, 0.15) is 0 Å². The van der Waals surface area contributed by atoms with Gasteiger partial charge in [0.15, 0.2) is 0 Å². The maximum atomic E-state index is 12.9. The molecule has 2 aromatic rings. The van der Waals surface area contributed by atoms with E-state index in [1.807, 2.05) is 19.1 Å². The van der Waals surface area contributed by atoms with E-state index in [9.17, 15) is 9.59 Å². The number of nitrogens with one attached hydrogen (secondary N) is 1. The fourth-order valence-electron chi connectivity index (χ4n) is 4.62. The average Bonchev–Trinajstić information content (AvgIpc) is 2.88. The SMILES string of the molecule is CCN(CC)c1ccc(CNC(C)N2CCN(Cc3ccc(N(CC)CC)cc3)C(=O)C2=O)cc1. The van der Waals surface area contributed by atoms with Crippen molar-refractivity contribution in [3.05, 3.63) is 59.7 Å². The van der Waals surface area contributed by atoms with Crippen LogP contribution in [-0.4, -0.2) is 67.0 Å². The van der Waals surface area contributed by atoms with Gasteiger partial charge >= 0.3 is 11.8 Å². The summed E-state index contributed by atoms with van der Waals surface area (Å²) in [5, 5.41) is 3.40. The summed E-state index contributed by atoms with van der Waals surface area (Å²) in [6.07, 6.45) is -0.218. The zero-order chi connectivity index (χ0) is 25.4. The van der Waals surface area contributed by atoms with E-state index < -0.39 is 11.8 Å². The molecule has 0 bridgehead atoms. The van der Waals surface area contributed by atoms with Gasteiger partial charge < -0.3 is 19.6 Å². The van der Waals surface area contributed by atoms with Gasteiger partial charge in [-0.2, -0.15) is 0 Å². The first-order valence-electron chi connectivity index (χ1n) is 12.9. The molecule has 1 unspecified atom stereocenters. The molecule has 0 aliphatic carbocycles. The minimum absolute atomic E-state index is 0.218. The Morgan fingerprint density at radius 1 is 0.743 bits per heavy atom. The maximum absolute atomic E-state index is 12.9. The van der Waals surface area contributed by atoms with E-state index in [2.05, 4.69) is 79.2 Å². The van der Waals surface area contributed by atoms with Crippen LogP contribution in [0.25, 0.3) is 0 Å². The molecular formula is C28H41N5O2. The normalized spacial score (nSPS) is 14.9. The molecule has 2 aromatic carbocycles. The predicted molar refractivity (Wildman–Crippen MR) is 143 cm³/mol. The van der Waals surface area contributed by atoms with Crippen molar-refractivity contribution >= 4 is 23.2 Å². The van der Waals surface area contributed by atoms with E-state index in [4.69, 9.17) is 0 Å². The molecule has 0 aromatic heterocycles. The highest BCUT2D eigenvalue weighted by Gasteiger charge is 2.34. The molecule has 1 fully saturated rings. The van der Waals surface area contributed by atoms with Gasteiger partial charge in [0.25, 0.3) is 0 Å². The van der Waals surface area contributed by atoms with Crippen LogP contribution in [0.3, 0.4) is 0 Å². The van der Waals surface area contributed by atoms with E-state index in [1.54, 1.807) is 9.80 Å². The van der Waals surface area contributed by atoms with Crippen LogP contribution in [0.2, 0.25) is 0 Å². The number of hydrogen-bond acceptors (Lipinski definition) is 5. The van der Waals surface area contributed by atoms with E-state index in [1.165, 1.54) is 11.4 Å². The zero-order valence-corrected chi connectivity index (χ0v) is 22.0. The summed E-state index contributed by atoms with van der Waals surface area (Å²) in [6.45, 7) is 16.6. The Kier molecular flexibility index (Phi) is 9.55. The van der Waals surface area contributed by atoms with Gasteiger partial charge in [-0.25, -0.2) is 0 Å². The molecule has 1 saturated heterocycles. The lowest BCUT2D eigenvalue weighted by Gasteiger charge is -2.37. The lowest BCUT2D eigenvalue weighted by Crippen LogP contribution is -2.59. The molecule has 35 heavy (non-hydrogen) atoms. The molecule has 1 atom stereocenters. The molecule has 1 heterocycles. The Labute approximate surface area is 210 Å². The highest BCUT2D eigenvalue weighted by Crippen LogP contribution is 2.18. The van der Waals surface area contributed by atoms with Crippen molar-refractivity contribution in [1.29, 1.82) is 0 Å². The van der Waals surface area contributed by atoms with Crippen LogP contribution in [-0.2, 0) is 22.7 Å². The molecule has 7 heteroatoms. The van der Waals surface area contributed by atoms with Crippen molar-refractivity contribution < 1.29 is 9.59 Å². The van der Waals surface area contributed by atoms with Gasteiger partial charge in [-0.1, -0.05) is 24.3 Å². The standard InChI is InChI=1S/C28H41N5O2/c1-6-30(7-2)25-14-10-23(11-15-25)20-29-22(5)33-19-18-32(27(34)28(33)35)21-24-12-16-26(17-13-24)31(8-3)9-4/h10-17,22,29H,6-9,18-21H2,1-5H3. The Hall–Kier alpha value is -3.06. The van der Waals surface area contributed by atoms with Crippen LogP contribution in [0, 0.1) is 0 Å². The molecule has 1 aliphatic heterocycles. The summed E-state index contributed by atoms with van der Waals surface area (Å²) in [4.78, 5) is 33.6. The van der Waals surface area contributed by atoms with Crippen molar-refractivity contribution in [1.82, 2.24) is 15.1 Å². The van der Waals surface area contributed by atoms with E-state index in [0.29, 0.717) is 26.2 Å². The van der Waals surface area contributed by atoms with Crippen molar-refractivity contribution in [3.63, 3.8) is 0 Å². The Morgan fingerprint density at radius 3 is 1.71 bits per heavy atom. The molecule has 2 amide bonds. The fourth-order valence-corrected chi connectivity index (χ4v) is 4.62. The molecule has 0 radical (unpaired) electrons. The Balaban J connectivity index is 1.52. The highest BCUT2D eigenvalue weighted by atomic mass is 16.2. The number of benzene rings is 2. The minimum Gasteiger partial charge on any atom is -0.372 e. The van der Waals surface area contributed by atoms with E-state index >= 15 is 0 Å². The summed E-state index contributed by atoms with van der Waals surface area (Å²) in [5.74, 6) is -0.866. The van der Waals surface area contributed by atoms with Crippen molar-refractivity contribution in [2.24, 2.45) is 0 Å². The average molecular weight is 480 g/mol. The van der Waals surface area contributed by atoms with Crippen LogP contribution in [0.15, 0.2) is 48.5 Å². The van der Waals surface area contributed by atoms with Gasteiger partial charge in [-0.3, -0.25) is 14.9 Å². The number of anilines is 2. The molecular weight excluding hydrogens is 438 g/mol. The monoisotopic (exact) mass is 479 g/mol. The van der Waals surface area contributed by atoms with Crippen LogP contribution < -0.4 is 15.1 Å². The molecule has 3 rings (SSSR count). The second-order valence-electron chi connectivity index (χ2n) is 8.96. The third-order valence-electron chi connectivity index (χ3n) is 6.91. The summed E-state index contributed by atoms with van der Waals surface area (Å²) in [5.41, 5.74) is 4.58. The second kappa shape index (κ2) is 12.6. The zero-order valence-electron chi connectivity index (χ0n) is 22.0. The van der Waals surface area contributed by atoms with E-state index in [0.717, 1.165) is 37.3 Å². The summed E-state index contributed by atoms with van der Waals surface area (Å²) in [7, 11) is 0. The molecule has 0 spiro atoms. The van der Waals surface area contributed by atoms with E-state index in [-0.39, 0.29) is 6.17 Å². The van der Waals surface area contributed by atoms with Gasteiger partial charge in [-0.15, -0.1) is 0 Å². The first-order chi connectivity index (χ1) is 16.9. The number of carbonyl (C=O) groups excluding carboxylic acids is 2. The number of rotatable bonds is 12. The van der Waals surface area contributed by atoms with Crippen molar-refractivity contribution in [2.45, 2.75) is 53.9 Å². The van der Waals surface area contributed by atoms with Gasteiger partial charge in [-0.05, 0) is 70.0 Å². The minimum atomic E-state index is -0.437. The lowest BCUT2D eigenvalue weighted by molar-refractivity contribution is -0.158. The summed E-state index contributed by atoms with van der Waals surface area (Å²) < 4.78 is 0. The number of carbonyl (C=O) groups is 2. The maximum Gasteiger partial charge on any atom is 0.313 e. The Bertz CT molecular complexity index is 952. The first kappa shape index (κ1) is 26.5. The molecule has 1 aliphatic rings. The summed E-state index contributed by atoms with van der Waals surface area (Å²) in [6, 6.07) is 16.8. The van der Waals surface area contributed by atoms with Crippen LogP contribution in [0.5, 0.6) is 0 Å².